The maximum Gasteiger partial charge on any atom is 0.311 e. The first-order chi connectivity index (χ1) is 64.1. The van der Waals surface area contributed by atoms with Gasteiger partial charge < -0.3 is 61.6 Å². The minimum Gasteiger partial charge on any atom is -0.465 e. The molecule has 23 saturated carbocycles. The van der Waals surface area contributed by atoms with Gasteiger partial charge in [0.1, 0.15) is 29.2 Å². The molecule has 23 rings (SSSR count). The van der Waals surface area contributed by atoms with Gasteiger partial charge in [-0.1, -0.05) is 94.9 Å². The van der Waals surface area contributed by atoms with Gasteiger partial charge in [0, 0.05) is 42.8 Å². The van der Waals surface area contributed by atoms with E-state index in [0.717, 1.165) is 136 Å². The van der Waals surface area contributed by atoms with Gasteiger partial charge in [0.05, 0.1) is 85.1 Å². The number of ether oxygens (including phenoxy) is 13. The molecular weight excluding hydrogens is 1720 g/mol. The SMILES string of the molecule is CC(C(=O)OC1CCCC(=O)C1)C(C)C(=O)OC12CC3CC(CC(C3)C1)C2.CC(C(=O)OCC12CC3CC(CC(C3)C1)C2)C(C)C(=O)OC1(C)CCCCC1.CC(OC(=O)C(C)C(C)C(=O)OCC12CC3CC(CC(C3)C1)C2)OC1CCCCC1.CCOC(C)OC(=O)C(C)C(C)C(=O)OC1C2CC3CC(C2)CC1C3.COC(C)OC(=O)C(C)C(C)C(=O)OCC12CC3CC(CC(C3)C1)C2. The van der Waals surface area contributed by atoms with E-state index in [-0.39, 0.29) is 99.3 Å². The highest BCUT2D eigenvalue weighted by molar-refractivity contribution is 5.85. The van der Waals surface area contributed by atoms with Crippen molar-refractivity contribution in [2.45, 2.75) is 428 Å². The summed E-state index contributed by atoms with van der Waals surface area (Å²) >= 11 is 0. The lowest BCUT2D eigenvalue weighted by Gasteiger charge is -2.56. The van der Waals surface area contributed by atoms with E-state index in [1.165, 1.54) is 200 Å². The zero-order chi connectivity index (χ0) is 96.8. The molecule has 23 fully saturated rings. The minimum absolute atomic E-state index is 0.0633. The predicted octanol–water partition coefficient (Wildman–Crippen LogP) is 21.5. The van der Waals surface area contributed by atoms with Gasteiger partial charge in [-0.2, -0.15) is 0 Å². The molecule has 0 saturated heterocycles. The number of methoxy groups -OCH3 is 1. The van der Waals surface area contributed by atoms with Crippen LogP contribution in [-0.2, 0) is 114 Å². The summed E-state index contributed by atoms with van der Waals surface area (Å²) in [5.41, 5.74) is 0.00401. The Morgan fingerprint density at radius 1 is 0.319 bits per heavy atom. The average molecular weight is 1890 g/mol. The lowest BCUT2D eigenvalue weighted by molar-refractivity contribution is -0.195. The van der Waals surface area contributed by atoms with Crippen molar-refractivity contribution in [3.8, 4) is 0 Å². The molecule has 135 heavy (non-hydrogen) atoms. The molecule has 0 aromatic rings. The number of hydrogen-bond acceptors (Lipinski definition) is 24. The molecular formula is C111H174O24. The van der Waals surface area contributed by atoms with Crippen LogP contribution in [0.2, 0.25) is 0 Å². The van der Waals surface area contributed by atoms with Gasteiger partial charge >= 0.3 is 59.7 Å². The molecule has 0 aromatic heterocycles. The molecule has 762 valence electrons. The van der Waals surface area contributed by atoms with Crippen LogP contribution in [0, 0.1) is 170 Å². The molecule has 14 atom stereocenters. The first kappa shape index (κ1) is 105. The molecule has 24 heteroatoms. The van der Waals surface area contributed by atoms with Crippen LogP contribution in [0.4, 0.5) is 0 Å². The Morgan fingerprint density at radius 2 is 0.622 bits per heavy atom. The van der Waals surface area contributed by atoms with Crippen LogP contribution < -0.4 is 0 Å². The van der Waals surface area contributed by atoms with Crippen molar-refractivity contribution < 1.29 is 114 Å². The summed E-state index contributed by atoms with van der Waals surface area (Å²) in [6.07, 6.45) is 48.1. The summed E-state index contributed by atoms with van der Waals surface area (Å²) in [6.45, 7) is 28.7. The summed E-state index contributed by atoms with van der Waals surface area (Å²) in [5.74, 6) is 4.42. The van der Waals surface area contributed by atoms with Crippen molar-refractivity contribution in [2.75, 3.05) is 33.5 Å². The lowest BCUT2D eigenvalue weighted by atomic mass is 9.50. The molecule has 0 radical (unpaired) electrons. The quantitative estimate of drug-likeness (QED) is 0.0335. The Hall–Kier alpha value is -5.75. The van der Waals surface area contributed by atoms with Gasteiger partial charge in [-0.15, -0.1) is 0 Å². The molecule has 0 amide bonds. The van der Waals surface area contributed by atoms with E-state index in [0.29, 0.717) is 68.9 Å². The topological polar surface area (TPSA) is 308 Å². The minimum atomic E-state index is -0.606. The molecule has 0 aromatic carbocycles. The van der Waals surface area contributed by atoms with Crippen molar-refractivity contribution in [3.05, 3.63) is 0 Å². The van der Waals surface area contributed by atoms with Crippen molar-refractivity contribution in [1.29, 1.82) is 0 Å². The Balaban J connectivity index is 0.000000135. The normalized spacial score (nSPS) is 37.4. The van der Waals surface area contributed by atoms with Gasteiger partial charge in [-0.25, -0.2) is 0 Å². The second-order valence-corrected chi connectivity index (χ2v) is 49.0. The standard InChI is InChI=1S/C25H40O5.C24H38O4.C22H32O5.2C20H32O5/c1-16(17(2)24(27)30-18(3)29-22-7-5-4-6-8-22)23(26)28-15-25-12-19-9-20(13-25)11-21(10-19)14-25;1-16(17(2)22(26)28-23(3)7-5-4-6-8-23)21(25)27-15-24-12-18-9-19(13-24)11-20(10-18)14-24;1-13(20(24)26-19-5-3-4-18(23)9-19)14(2)21(25)27-22-10-15-6-16(11-22)8-17(7-15)12-22;1-12(13(2)19(22)25-14(3)23-4)18(21)24-11-20-8-15-5-16(9-20)7-17(6-15)10-20;1-5-23-13(4)24-19(21)11(2)12(3)20(22)25-18-16-7-14-6-15(9-16)10-17(18)8-14/h16-22H,4-15H2,1-3H3;16-20H,4-15H2,1-3H3;13-17,19H,3-12H2,1-2H3;12-17H,5-11H2,1-4H3;11-18H,5-10H2,1-4H3. The Kier molecular flexibility index (Phi) is 35.5. The average Bonchev–Trinajstić information content (AvgIpc) is 0.772. The number of rotatable bonds is 33. The maximum atomic E-state index is 12.8. The Morgan fingerprint density at radius 3 is 0.985 bits per heavy atom. The summed E-state index contributed by atoms with van der Waals surface area (Å²) in [4.78, 5) is 137. The molecule has 20 bridgehead atoms. The Bertz CT molecular complexity index is 3870. The van der Waals surface area contributed by atoms with Crippen LogP contribution in [0.25, 0.3) is 0 Å². The fraction of sp³-hybridized carbons (Fsp3) is 0.901. The van der Waals surface area contributed by atoms with E-state index in [1.807, 2.05) is 27.7 Å². The summed E-state index contributed by atoms with van der Waals surface area (Å²) < 4.78 is 72.7. The summed E-state index contributed by atoms with van der Waals surface area (Å²) in [6, 6.07) is 0. The lowest BCUT2D eigenvalue weighted by Crippen LogP contribution is -2.53. The van der Waals surface area contributed by atoms with Crippen LogP contribution in [0.1, 0.15) is 380 Å². The number of carbonyl (C=O) groups excluding carboxylic acids is 11. The van der Waals surface area contributed by atoms with Crippen molar-refractivity contribution in [3.63, 3.8) is 0 Å². The number of esters is 10. The second-order valence-electron chi connectivity index (χ2n) is 49.0. The van der Waals surface area contributed by atoms with Gasteiger partial charge in [0.25, 0.3) is 0 Å². The third-order valence-corrected chi connectivity index (χ3v) is 37.7. The second kappa shape index (κ2) is 45.7. The fourth-order valence-corrected chi connectivity index (χ4v) is 31.0. The van der Waals surface area contributed by atoms with Crippen molar-refractivity contribution in [2.24, 2.45) is 170 Å². The van der Waals surface area contributed by atoms with Crippen LogP contribution in [0.5, 0.6) is 0 Å². The van der Waals surface area contributed by atoms with Crippen LogP contribution >= 0.6 is 0 Å². The fourth-order valence-electron chi connectivity index (χ4n) is 31.0. The van der Waals surface area contributed by atoms with Gasteiger partial charge in [0.15, 0.2) is 18.9 Å². The van der Waals surface area contributed by atoms with Crippen molar-refractivity contribution in [1.82, 2.24) is 0 Å². The zero-order valence-corrected chi connectivity index (χ0v) is 85.5. The third-order valence-electron chi connectivity index (χ3n) is 37.7. The number of hydrogen-bond donors (Lipinski definition) is 0. The van der Waals surface area contributed by atoms with E-state index in [1.54, 1.807) is 76.2 Å². The number of carbonyl (C=O) groups is 11. The number of Topliss-reactive ketones (excluding diaryl/α,β-unsaturated/α-hetero) is 1. The first-order valence-electron chi connectivity index (χ1n) is 54.4. The van der Waals surface area contributed by atoms with E-state index in [9.17, 15) is 52.7 Å². The summed E-state index contributed by atoms with van der Waals surface area (Å²) in [5, 5.41) is 0. The van der Waals surface area contributed by atoms with E-state index >= 15 is 0 Å². The van der Waals surface area contributed by atoms with Crippen LogP contribution in [0.15, 0.2) is 0 Å². The molecule has 0 spiro atoms. The number of ketones is 1. The van der Waals surface area contributed by atoms with E-state index in [4.69, 9.17) is 61.6 Å². The van der Waals surface area contributed by atoms with E-state index in [2.05, 4.69) is 0 Å². The highest BCUT2D eigenvalue weighted by Crippen LogP contribution is 2.64. The predicted molar refractivity (Wildman–Crippen MR) is 504 cm³/mol. The van der Waals surface area contributed by atoms with Gasteiger partial charge in [-0.05, 0) is 367 Å². The molecule has 23 aliphatic carbocycles. The third kappa shape index (κ3) is 27.0. The zero-order valence-electron chi connectivity index (χ0n) is 85.5. The van der Waals surface area contributed by atoms with Crippen molar-refractivity contribution >= 4 is 65.5 Å². The first-order valence-corrected chi connectivity index (χ1v) is 54.4. The van der Waals surface area contributed by atoms with Gasteiger partial charge in [0.2, 0.25) is 0 Å². The highest BCUT2D eigenvalue weighted by atomic mass is 16.7. The molecule has 24 nitrogen and oxygen atoms in total. The maximum absolute atomic E-state index is 12.8. The van der Waals surface area contributed by atoms with Crippen LogP contribution in [-0.4, -0.2) is 147 Å². The monoisotopic (exact) mass is 1890 g/mol. The highest BCUT2D eigenvalue weighted by Gasteiger charge is 2.58. The Labute approximate surface area is 807 Å². The molecule has 0 N–H and O–H groups in total. The molecule has 0 aliphatic heterocycles. The molecule has 0 heterocycles. The smallest absolute Gasteiger partial charge is 0.311 e. The van der Waals surface area contributed by atoms with E-state index < -0.39 is 90.0 Å². The van der Waals surface area contributed by atoms with Gasteiger partial charge in [-0.3, -0.25) is 52.7 Å². The molecule has 23 aliphatic rings. The molecule has 14 unspecified atom stereocenters. The summed E-state index contributed by atoms with van der Waals surface area (Å²) in [7, 11) is 1.48. The largest absolute Gasteiger partial charge is 0.465 e. The van der Waals surface area contributed by atoms with Crippen LogP contribution in [0.3, 0.4) is 0 Å².